The van der Waals surface area contributed by atoms with Gasteiger partial charge in [-0.3, -0.25) is 9.59 Å². The standard InChI is InChI=1S/C27H29NO7/c1-4-13-35-21-12-9-18(15-22(21)33-3)24-23(25(29)17-7-10-19(32-2)11-8-17)26(30)27(31)28(24)16-20-6-5-14-34-20/h4,7-12,15,20,24,29H,1,5-6,13-14,16H2,2-3H3/b25-23+. The number of methoxy groups -OCH3 is 2. The molecule has 8 nitrogen and oxygen atoms in total. The van der Waals surface area contributed by atoms with E-state index in [-0.39, 0.29) is 24.0 Å². The van der Waals surface area contributed by atoms with Gasteiger partial charge in [0.15, 0.2) is 11.5 Å². The maximum absolute atomic E-state index is 13.2. The van der Waals surface area contributed by atoms with E-state index in [1.165, 1.54) is 12.0 Å². The van der Waals surface area contributed by atoms with Crippen molar-refractivity contribution in [3.63, 3.8) is 0 Å². The molecule has 0 bridgehead atoms. The van der Waals surface area contributed by atoms with Gasteiger partial charge in [0.2, 0.25) is 0 Å². The Kier molecular flexibility index (Phi) is 7.41. The molecule has 35 heavy (non-hydrogen) atoms. The van der Waals surface area contributed by atoms with Gasteiger partial charge in [-0.2, -0.15) is 0 Å². The number of hydrogen-bond acceptors (Lipinski definition) is 7. The van der Waals surface area contributed by atoms with Gasteiger partial charge in [-0.15, -0.1) is 0 Å². The van der Waals surface area contributed by atoms with Crippen LogP contribution in [0.5, 0.6) is 17.2 Å². The van der Waals surface area contributed by atoms with Crippen LogP contribution >= 0.6 is 0 Å². The van der Waals surface area contributed by atoms with E-state index in [0.717, 1.165) is 12.8 Å². The summed E-state index contributed by atoms with van der Waals surface area (Å²) in [6, 6.07) is 11.0. The lowest BCUT2D eigenvalue weighted by atomic mass is 9.94. The van der Waals surface area contributed by atoms with Gasteiger partial charge in [-0.25, -0.2) is 0 Å². The van der Waals surface area contributed by atoms with Gasteiger partial charge in [-0.05, 0) is 54.8 Å². The number of amides is 1. The summed E-state index contributed by atoms with van der Waals surface area (Å²) in [5.74, 6) is -0.119. The van der Waals surface area contributed by atoms with Crippen molar-refractivity contribution < 1.29 is 33.6 Å². The van der Waals surface area contributed by atoms with Crippen LogP contribution in [0, 0.1) is 0 Å². The number of ketones is 1. The number of likely N-dealkylation sites (tertiary alicyclic amines) is 1. The molecule has 2 aliphatic heterocycles. The predicted octanol–water partition coefficient (Wildman–Crippen LogP) is 3.87. The molecule has 2 aromatic rings. The topological polar surface area (TPSA) is 94.5 Å². The Hall–Kier alpha value is -3.78. The molecule has 0 saturated carbocycles. The van der Waals surface area contributed by atoms with Gasteiger partial charge in [0, 0.05) is 18.7 Å². The second-order valence-corrected chi connectivity index (χ2v) is 8.32. The lowest BCUT2D eigenvalue weighted by Gasteiger charge is -2.28. The Morgan fingerprint density at radius 3 is 2.54 bits per heavy atom. The third kappa shape index (κ3) is 4.88. The molecule has 2 fully saturated rings. The summed E-state index contributed by atoms with van der Waals surface area (Å²) in [6.45, 7) is 4.81. The molecule has 0 aliphatic carbocycles. The van der Waals surface area contributed by atoms with E-state index in [2.05, 4.69) is 6.58 Å². The van der Waals surface area contributed by atoms with E-state index in [9.17, 15) is 14.7 Å². The minimum absolute atomic E-state index is 0.0139. The number of nitrogens with zero attached hydrogens (tertiary/aromatic N) is 1. The number of carbonyl (C=O) groups excluding carboxylic acids is 2. The van der Waals surface area contributed by atoms with Crippen LogP contribution in [0.1, 0.15) is 30.0 Å². The second kappa shape index (κ2) is 10.7. The van der Waals surface area contributed by atoms with Crippen LogP contribution in [0.25, 0.3) is 5.76 Å². The van der Waals surface area contributed by atoms with Crippen molar-refractivity contribution in [2.24, 2.45) is 0 Å². The molecular formula is C27H29NO7. The monoisotopic (exact) mass is 479 g/mol. The van der Waals surface area contributed by atoms with Gasteiger partial charge in [0.25, 0.3) is 11.7 Å². The van der Waals surface area contributed by atoms with Gasteiger partial charge in [-0.1, -0.05) is 18.7 Å². The fourth-order valence-corrected chi connectivity index (χ4v) is 4.45. The second-order valence-electron chi connectivity index (χ2n) is 8.32. The Labute approximate surface area is 204 Å². The molecule has 1 amide bonds. The molecule has 184 valence electrons. The van der Waals surface area contributed by atoms with Crippen LogP contribution in [0.15, 0.2) is 60.7 Å². The van der Waals surface area contributed by atoms with Crippen LogP contribution < -0.4 is 14.2 Å². The minimum Gasteiger partial charge on any atom is -0.507 e. The number of aliphatic hydroxyl groups excluding tert-OH is 1. The van der Waals surface area contributed by atoms with Crippen LogP contribution in [0.3, 0.4) is 0 Å². The lowest BCUT2D eigenvalue weighted by molar-refractivity contribution is -0.140. The zero-order valence-electron chi connectivity index (χ0n) is 19.9. The molecule has 0 radical (unpaired) electrons. The third-order valence-corrected chi connectivity index (χ3v) is 6.19. The summed E-state index contributed by atoms with van der Waals surface area (Å²) in [5.41, 5.74) is 1.03. The first-order valence-corrected chi connectivity index (χ1v) is 11.4. The summed E-state index contributed by atoms with van der Waals surface area (Å²) < 4.78 is 22.1. The summed E-state index contributed by atoms with van der Waals surface area (Å²) in [4.78, 5) is 27.9. The molecule has 2 aromatic carbocycles. The Morgan fingerprint density at radius 2 is 1.91 bits per heavy atom. The van der Waals surface area contributed by atoms with Crippen molar-refractivity contribution in [2.75, 3.05) is 34.0 Å². The summed E-state index contributed by atoms with van der Waals surface area (Å²) >= 11 is 0. The molecule has 1 N–H and O–H groups in total. The molecule has 4 rings (SSSR count). The molecule has 2 heterocycles. The van der Waals surface area contributed by atoms with Gasteiger partial charge in [0.1, 0.15) is 18.1 Å². The molecule has 2 aliphatic rings. The lowest BCUT2D eigenvalue weighted by Crippen LogP contribution is -2.36. The minimum atomic E-state index is -0.816. The molecule has 8 heteroatoms. The third-order valence-electron chi connectivity index (χ3n) is 6.19. The van der Waals surface area contributed by atoms with Crippen molar-refractivity contribution in [1.82, 2.24) is 4.90 Å². The van der Waals surface area contributed by atoms with E-state index in [0.29, 0.717) is 41.6 Å². The Balaban J connectivity index is 1.81. The molecule has 2 unspecified atom stereocenters. The summed E-state index contributed by atoms with van der Waals surface area (Å²) in [7, 11) is 3.06. The highest BCUT2D eigenvalue weighted by molar-refractivity contribution is 6.46. The molecule has 0 aromatic heterocycles. The van der Waals surface area contributed by atoms with Crippen molar-refractivity contribution in [3.8, 4) is 17.2 Å². The van der Waals surface area contributed by atoms with Crippen molar-refractivity contribution in [2.45, 2.75) is 25.0 Å². The molecule has 2 saturated heterocycles. The van der Waals surface area contributed by atoms with Crippen molar-refractivity contribution in [1.29, 1.82) is 0 Å². The van der Waals surface area contributed by atoms with E-state index in [1.54, 1.807) is 55.7 Å². The van der Waals surface area contributed by atoms with E-state index < -0.39 is 17.7 Å². The van der Waals surface area contributed by atoms with Crippen LogP contribution in [0.4, 0.5) is 0 Å². The van der Waals surface area contributed by atoms with E-state index >= 15 is 0 Å². The first-order chi connectivity index (χ1) is 17.0. The predicted molar refractivity (Wildman–Crippen MR) is 130 cm³/mol. The summed E-state index contributed by atoms with van der Waals surface area (Å²) in [5, 5.41) is 11.2. The quantitative estimate of drug-likeness (QED) is 0.253. The fraction of sp³-hybridized carbons (Fsp3) is 0.333. The fourth-order valence-electron chi connectivity index (χ4n) is 4.45. The highest BCUT2D eigenvalue weighted by Crippen LogP contribution is 2.42. The summed E-state index contributed by atoms with van der Waals surface area (Å²) in [6.07, 6.45) is 3.15. The SMILES string of the molecule is C=CCOc1ccc(C2/C(=C(\O)c3ccc(OC)cc3)C(=O)C(=O)N2CC2CCCO2)cc1OC. The number of rotatable bonds is 9. The molecular weight excluding hydrogens is 450 g/mol. The maximum atomic E-state index is 13.2. The normalized spacial score (nSPS) is 21.3. The van der Waals surface area contributed by atoms with Crippen LogP contribution in [-0.2, 0) is 14.3 Å². The smallest absolute Gasteiger partial charge is 0.295 e. The van der Waals surface area contributed by atoms with Gasteiger partial charge < -0.3 is 29.0 Å². The highest BCUT2D eigenvalue weighted by atomic mass is 16.5. The van der Waals surface area contributed by atoms with Crippen LogP contribution in [0.2, 0.25) is 0 Å². The number of ether oxygens (including phenoxy) is 4. The van der Waals surface area contributed by atoms with Crippen molar-refractivity contribution >= 4 is 17.4 Å². The number of carbonyl (C=O) groups is 2. The van der Waals surface area contributed by atoms with Crippen molar-refractivity contribution in [3.05, 3.63) is 71.8 Å². The highest BCUT2D eigenvalue weighted by Gasteiger charge is 2.47. The first-order valence-electron chi connectivity index (χ1n) is 11.4. The molecule has 2 atom stereocenters. The average Bonchev–Trinajstić information content (AvgIpc) is 3.49. The zero-order chi connectivity index (χ0) is 24.9. The number of benzene rings is 2. The Morgan fingerprint density at radius 1 is 1.14 bits per heavy atom. The number of Topliss-reactive ketones (excluding diaryl/α,β-unsaturated/α-hetero) is 1. The largest absolute Gasteiger partial charge is 0.507 e. The number of aliphatic hydroxyl groups is 1. The zero-order valence-corrected chi connectivity index (χ0v) is 19.9. The number of hydrogen-bond donors (Lipinski definition) is 1. The van der Waals surface area contributed by atoms with Crippen LogP contribution in [-0.4, -0.2) is 61.8 Å². The van der Waals surface area contributed by atoms with Gasteiger partial charge >= 0.3 is 0 Å². The van der Waals surface area contributed by atoms with E-state index in [4.69, 9.17) is 18.9 Å². The average molecular weight is 480 g/mol. The van der Waals surface area contributed by atoms with E-state index in [1.807, 2.05) is 0 Å². The molecule has 0 spiro atoms. The first kappa shape index (κ1) is 24.3. The maximum Gasteiger partial charge on any atom is 0.295 e. The Bertz CT molecular complexity index is 1130. The van der Waals surface area contributed by atoms with Gasteiger partial charge in [0.05, 0.1) is 31.9 Å².